The van der Waals surface area contributed by atoms with Crippen LogP contribution in [0.3, 0.4) is 0 Å². The molecule has 1 rings (SSSR count). The summed E-state index contributed by atoms with van der Waals surface area (Å²) in [5, 5.41) is 2.60. The van der Waals surface area contributed by atoms with E-state index in [4.69, 9.17) is 9.47 Å². The van der Waals surface area contributed by atoms with E-state index < -0.39 is 17.9 Å². The Morgan fingerprint density at radius 1 is 1.39 bits per heavy atom. The number of halogens is 1. The molecule has 0 saturated heterocycles. The summed E-state index contributed by atoms with van der Waals surface area (Å²) >= 11 is 3.25. The second kappa shape index (κ2) is 9.29. The number of ether oxygens (including phenoxy) is 2. The molecule has 6 nitrogen and oxygen atoms in total. The van der Waals surface area contributed by atoms with Gasteiger partial charge in [0.05, 0.1) is 12.7 Å². The van der Waals surface area contributed by atoms with E-state index >= 15 is 0 Å². The van der Waals surface area contributed by atoms with Crippen LogP contribution in [-0.4, -0.2) is 37.9 Å². The third kappa shape index (κ3) is 5.67. The van der Waals surface area contributed by atoms with Crippen molar-refractivity contribution < 1.29 is 23.9 Å². The molecule has 0 saturated carbocycles. The lowest BCUT2D eigenvalue weighted by Crippen LogP contribution is -2.47. The highest BCUT2D eigenvalue weighted by Crippen LogP contribution is 2.21. The Hall–Kier alpha value is -1.89. The minimum Gasteiger partial charge on any atom is -0.483 e. The van der Waals surface area contributed by atoms with E-state index in [1.54, 1.807) is 18.2 Å². The number of benzene rings is 1. The molecule has 1 N–H and O–H groups in total. The van der Waals surface area contributed by atoms with Crippen LogP contribution in [0.5, 0.6) is 5.75 Å². The van der Waals surface area contributed by atoms with Crippen LogP contribution in [0, 0.1) is 5.92 Å². The fourth-order valence-corrected chi connectivity index (χ4v) is 2.28. The number of carbonyl (C=O) groups is 3. The molecule has 0 aliphatic rings. The minimum absolute atomic E-state index is 0.0652. The van der Waals surface area contributed by atoms with Crippen molar-refractivity contribution in [2.75, 3.05) is 13.7 Å². The topological polar surface area (TPSA) is 81.7 Å². The molecule has 7 heteroatoms. The van der Waals surface area contributed by atoms with Crippen LogP contribution in [-0.2, 0) is 14.3 Å². The molecule has 126 valence electrons. The number of aldehydes is 1. The van der Waals surface area contributed by atoms with Gasteiger partial charge in [-0.15, -0.1) is 0 Å². The summed E-state index contributed by atoms with van der Waals surface area (Å²) in [5.74, 6) is -0.716. The number of hydrogen-bond donors (Lipinski definition) is 1. The first-order valence-corrected chi connectivity index (χ1v) is 7.96. The van der Waals surface area contributed by atoms with E-state index in [9.17, 15) is 14.4 Å². The third-order valence-corrected chi connectivity index (χ3v) is 3.94. The molecular weight excluding hydrogens is 366 g/mol. The highest BCUT2D eigenvalue weighted by Gasteiger charge is 2.26. The van der Waals surface area contributed by atoms with Gasteiger partial charge in [0.15, 0.2) is 12.9 Å². The van der Waals surface area contributed by atoms with Crippen molar-refractivity contribution in [3.05, 3.63) is 28.2 Å². The Bertz CT molecular complexity index is 576. The minimum atomic E-state index is -0.725. The van der Waals surface area contributed by atoms with Gasteiger partial charge in [-0.3, -0.25) is 9.59 Å². The SMILES string of the molecule is CC[C@H](C)[C@@H](NC(=O)COc1ccc(Br)cc1C=O)C(=O)OC. The van der Waals surface area contributed by atoms with Crippen molar-refractivity contribution in [3.8, 4) is 5.75 Å². The molecule has 0 bridgehead atoms. The molecule has 0 fully saturated rings. The molecule has 2 atom stereocenters. The molecule has 1 amide bonds. The summed E-state index contributed by atoms with van der Waals surface area (Å²) in [6.45, 7) is 3.47. The smallest absolute Gasteiger partial charge is 0.328 e. The fraction of sp³-hybridized carbons (Fsp3) is 0.438. The maximum Gasteiger partial charge on any atom is 0.328 e. The van der Waals surface area contributed by atoms with E-state index in [0.29, 0.717) is 24.0 Å². The first kappa shape index (κ1) is 19.2. The number of methoxy groups -OCH3 is 1. The van der Waals surface area contributed by atoms with Crippen LogP contribution in [0.1, 0.15) is 30.6 Å². The monoisotopic (exact) mass is 385 g/mol. The van der Waals surface area contributed by atoms with Gasteiger partial charge in [0, 0.05) is 4.47 Å². The van der Waals surface area contributed by atoms with Crippen molar-refractivity contribution in [1.82, 2.24) is 5.32 Å². The molecule has 1 aromatic rings. The largest absolute Gasteiger partial charge is 0.483 e. The van der Waals surface area contributed by atoms with Crippen LogP contribution >= 0.6 is 15.9 Å². The molecule has 0 unspecified atom stereocenters. The zero-order chi connectivity index (χ0) is 17.4. The zero-order valence-corrected chi connectivity index (χ0v) is 14.9. The third-order valence-electron chi connectivity index (χ3n) is 3.44. The van der Waals surface area contributed by atoms with Crippen LogP contribution in [0.2, 0.25) is 0 Å². The predicted octanol–water partition coefficient (Wildman–Crippen LogP) is 2.34. The van der Waals surface area contributed by atoms with Gasteiger partial charge in [-0.2, -0.15) is 0 Å². The lowest BCUT2D eigenvalue weighted by Gasteiger charge is -2.21. The average molecular weight is 386 g/mol. The van der Waals surface area contributed by atoms with Crippen molar-refractivity contribution in [3.63, 3.8) is 0 Å². The van der Waals surface area contributed by atoms with Crippen molar-refractivity contribution in [2.45, 2.75) is 26.3 Å². The first-order valence-electron chi connectivity index (χ1n) is 7.17. The second-order valence-corrected chi connectivity index (χ2v) is 5.96. The molecule has 23 heavy (non-hydrogen) atoms. The highest BCUT2D eigenvalue weighted by molar-refractivity contribution is 9.10. The predicted molar refractivity (Wildman–Crippen MR) is 88.4 cm³/mol. The van der Waals surface area contributed by atoms with Crippen molar-refractivity contribution in [2.24, 2.45) is 5.92 Å². The zero-order valence-electron chi connectivity index (χ0n) is 13.3. The van der Waals surface area contributed by atoms with E-state index in [-0.39, 0.29) is 12.5 Å². The Morgan fingerprint density at radius 2 is 2.09 bits per heavy atom. The van der Waals surface area contributed by atoms with Gasteiger partial charge in [-0.25, -0.2) is 4.79 Å². The average Bonchev–Trinajstić information content (AvgIpc) is 2.56. The van der Waals surface area contributed by atoms with Crippen LogP contribution in [0.4, 0.5) is 0 Å². The second-order valence-electron chi connectivity index (χ2n) is 5.04. The molecule has 0 spiro atoms. The maximum atomic E-state index is 12.0. The van der Waals surface area contributed by atoms with Crippen molar-refractivity contribution in [1.29, 1.82) is 0 Å². The Balaban J connectivity index is 2.69. The standard InChI is InChI=1S/C16H20BrNO5/c1-4-10(2)15(16(21)22-3)18-14(20)9-23-13-6-5-12(17)7-11(13)8-19/h5-8,10,15H,4,9H2,1-3H3,(H,18,20)/t10-,15+/m0/s1. The highest BCUT2D eigenvalue weighted by atomic mass is 79.9. The quantitative estimate of drug-likeness (QED) is 0.548. The molecule has 0 aliphatic carbocycles. The summed E-state index contributed by atoms with van der Waals surface area (Å²) in [7, 11) is 1.28. The molecular formula is C16H20BrNO5. The van der Waals surface area contributed by atoms with E-state index in [1.807, 2.05) is 13.8 Å². The van der Waals surface area contributed by atoms with Gasteiger partial charge in [-0.1, -0.05) is 36.2 Å². The summed E-state index contributed by atoms with van der Waals surface area (Å²) in [5.41, 5.74) is 0.332. The van der Waals surface area contributed by atoms with Gasteiger partial charge < -0.3 is 14.8 Å². The maximum absolute atomic E-state index is 12.0. The van der Waals surface area contributed by atoms with Crippen LogP contribution in [0.15, 0.2) is 22.7 Å². The number of rotatable bonds is 8. The van der Waals surface area contributed by atoms with E-state index in [0.717, 1.165) is 4.47 Å². The number of hydrogen-bond acceptors (Lipinski definition) is 5. The van der Waals surface area contributed by atoms with Gasteiger partial charge in [0.25, 0.3) is 5.91 Å². The van der Waals surface area contributed by atoms with Gasteiger partial charge in [0.1, 0.15) is 11.8 Å². The first-order chi connectivity index (χ1) is 10.9. The Kier molecular flexibility index (Phi) is 7.74. The van der Waals surface area contributed by atoms with Crippen LogP contribution < -0.4 is 10.1 Å². The van der Waals surface area contributed by atoms with Gasteiger partial charge >= 0.3 is 5.97 Å². The summed E-state index contributed by atoms with van der Waals surface area (Å²) in [4.78, 5) is 34.7. The fourth-order valence-electron chi connectivity index (χ4n) is 1.90. The molecule has 0 aromatic heterocycles. The molecule has 0 aliphatic heterocycles. The van der Waals surface area contributed by atoms with E-state index in [2.05, 4.69) is 21.2 Å². The Labute approximate surface area is 143 Å². The molecule has 1 aromatic carbocycles. The lowest BCUT2D eigenvalue weighted by atomic mass is 9.99. The lowest BCUT2D eigenvalue weighted by molar-refractivity contribution is -0.146. The van der Waals surface area contributed by atoms with E-state index in [1.165, 1.54) is 7.11 Å². The summed E-state index contributed by atoms with van der Waals surface area (Å²) in [6, 6.07) is 4.16. The number of nitrogens with one attached hydrogen (secondary N) is 1. The molecule has 0 heterocycles. The van der Waals surface area contributed by atoms with Crippen molar-refractivity contribution >= 4 is 34.1 Å². The summed E-state index contributed by atoms with van der Waals surface area (Å²) in [6.07, 6.45) is 1.36. The number of amides is 1. The normalized spacial score (nSPS) is 12.9. The molecule has 0 radical (unpaired) electrons. The summed E-state index contributed by atoms with van der Waals surface area (Å²) < 4.78 is 10.8. The Morgan fingerprint density at radius 3 is 2.65 bits per heavy atom. The number of esters is 1. The van der Waals surface area contributed by atoms with Gasteiger partial charge in [-0.05, 0) is 24.1 Å². The van der Waals surface area contributed by atoms with Gasteiger partial charge in [0.2, 0.25) is 0 Å². The number of carbonyl (C=O) groups excluding carboxylic acids is 3. The van der Waals surface area contributed by atoms with Crippen LogP contribution in [0.25, 0.3) is 0 Å².